The van der Waals surface area contributed by atoms with Crippen LogP contribution in [0.1, 0.15) is 17.5 Å². The maximum absolute atomic E-state index is 12.7. The molecule has 3 amide bonds. The lowest BCUT2D eigenvalue weighted by atomic mass is 9.85. The molecule has 4 atom stereocenters. The number of fused-ring (bicyclic) bond motifs is 5. The van der Waals surface area contributed by atoms with Crippen LogP contribution < -0.4 is 10.1 Å². The van der Waals surface area contributed by atoms with E-state index in [0.29, 0.717) is 11.3 Å². The standard InChI is InChI=1S/C25H21Cl2N3O4/c1-13-2-6-17(7-3-13)29-20(31)12-34-23-18(26)8-14(9-19(23)27)11-28-30-24(32)21-15-4-5-16(10-15)22(21)25(30)33/h2-9,11,15-16,21-22H,10,12H2,1H3,(H,29,31). The average molecular weight is 498 g/mol. The number of imide groups is 1. The number of benzene rings is 2. The molecule has 0 radical (unpaired) electrons. The molecule has 174 valence electrons. The zero-order valence-corrected chi connectivity index (χ0v) is 19.7. The van der Waals surface area contributed by atoms with Crippen molar-refractivity contribution < 1.29 is 19.1 Å². The second-order valence-electron chi connectivity index (χ2n) is 8.75. The van der Waals surface area contributed by atoms with Gasteiger partial charge in [-0.15, -0.1) is 0 Å². The number of carbonyl (C=O) groups is 3. The van der Waals surface area contributed by atoms with Crippen LogP contribution in [0.15, 0.2) is 53.7 Å². The molecule has 1 saturated heterocycles. The maximum Gasteiger partial charge on any atom is 0.262 e. The highest BCUT2D eigenvalue weighted by atomic mass is 35.5. The number of allylic oxidation sites excluding steroid dienone is 2. The first-order valence-corrected chi connectivity index (χ1v) is 11.7. The Labute approximate surface area is 206 Å². The molecule has 1 aliphatic heterocycles. The molecule has 2 aliphatic carbocycles. The summed E-state index contributed by atoms with van der Waals surface area (Å²) >= 11 is 12.6. The molecule has 1 saturated carbocycles. The van der Waals surface area contributed by atoms with E-state index in [2.05, 4.69) is 10.4 Å². The molecule has 4 unspecified atom stereocenters. The minimum atomic E-state index is -0.360. The summed E-state index contributed by atoms with van der Waals surface area (Å²) in [5.41, 5.74) is 2.23. The van der Waals surface area contributed by atoms with Gasteiger partial charge in [0, 0.05) is 5.69 Å². The molecule has 1 heterocycles. The van der Waals surface area contributed by atoms with E-state index in [1.807, 2.05) is 31.2 Å². The maximum atomic E-state index is 12.7. The second kappa shape index (κ2) is 8.89. The van der Waals surface area contributed by atoms with Crippen LogP contribution in [-0.2, 0) is 14.4 Å². The first-order valence-electron chi connectivity index (χ1n) is 10.9. The van der Waals surface area contributed by atoms with Crippen molar-refractivity contribution >= 4 is 52.8 Å². The third kappa shape index (κ3) is 4.10. The predicted molar refractivity (Wildman–Crippen MR) is 129 cm³/mol. The van der Waals surface area contributed by atoms with Crippen LogP contribution in [0, 0.1) is 30.6 Å². The van der Waals surface area contributed by atoms with Crippen LogP contribution in [0.5, 0.6) is 5.75 Å². The molecule has 9 heteroatoms. The normalized spacial score (nSPS) is 24.9. The van der Waals surface area contributed by atoms with Gasteiger partial charge in [0.25, 0.3) is 17.7 Å². The summed E-state index contributed by atoms with van der Waals surface area (Å²) in [7, 11) is 0. The van der Waals surface area contributed by atoms with E-state index in [4.69, 9.17) is 27.9 Å². The molecule has 2 bridgehead atoms. The minimum absolute atomic E-state index is 0.121. The van der Waals surface area contributed by atoms with Crippen molar-refractivity contribution in [2.75, 3.05) is 11.9 Å². The van der Waals surface area contributed by atoms with Gasteiger partial charge < -0.3 is 10.1 Å². The molecule has 2 aromatic rings. The Morgan fingerprint density at radius 3 is 2.26 bits per heavy atom. The van der Waals surface area contributed by atoms with Gasteiger partial charge in [-0.25, -0.2) is 0 Å². The van der Waals surface area contributed by atoms with E-state index in [1.54, 1.807) is 24.3 Å². The quantitative estimate of drug-likeness (QED) is 0.362. The summed E-state index contributed by atoms with van der Waals surface area (Å²) in [6.45, 7) is 1.68. The highest BCUT2D eigenvalue weighted by molar-refractivity contribution is 6.37. The average Bonchev–Trinajstić information content (AvgIpc) is 3.47. The Bertz CT molecular complexity index is 1190. The number of hydrogen-bond donors (Lipinski definition) is 1. The molecule has 2 fully saturated rings. The lowest BCUT2D eigenvalue weighted by molar-refractivity contribution is -0.140. The van der Waals surface area contributed by atoms with E-state index < -0.39 is 0 Å². The number of halogens is 2. The van der Waals surface area contributed by atoms with Gasteiger partial charge in [-0.2, -0.15) is 10.1 Å². The van der Waals surface area contributed by atoms with Crippen LogP contribution in [-0.4, -0.2) is 35.6 Å². The van der Waals surface area contributed by atoms with Crippen molar-refractivity contribution in [2.24, 2.45) is 28.8 Å². The zero-order valence-electron chi connectivity index (χ0n) is 18.2. The number of nitrogens with one attached hydrogen (secondary N) is 1. The van der Waals surface area contributed by atoms with Gasteiger partial charge in [0.2, 0.25) is 0 Å². The summed E-state index contributed by atoms with van der Waals surface area (Å²) in [6.07, 6.45) is 6.30. The van der Waals surface area contributed by atoms with Crippen molar-refractivity contribution in [3.63, 3.8) is 0 Å². The molecular formula is C25H21Cl2N3O4. The van der Waals surface area contributed by atoms with Crippen molar-refractivity contribution in [1.82, 2.24) is 5.01 Å². The number of carbonyl (C=O) groups excluding carboxylic acids is 3. The van der Waals surface area contributed by atoms with Crippen molar-refractivity contribution in [3.8, 4) is 5.75 Å². The van der Waals surface area contributed by atoms with Crippen molar-refractivity contribution in [2.45, 2.75) is 13.3 Å². The van der Waals surface area contributed by atoms with E-state index in [-0.39, 0.29) is 63.8 Å². The summed E-state index contributed by atoms with van der Waals surface area (Å²) in [5.74, 6) is -1.11. The fourth-order valence-corrected chi connectivity index (χ4v) is 5.50. The first kappa shape index (κ1) is 22.6. The van der Waals surface area contributed by atoms with E-state index in [1.165, 1.54) is 6.21 Å². The van der Waals surface area contributed by atoms with Crippen molar-refractivity contribution in [3.05, 3.63) is 69.7 Å². The summed E-state index contributed by atoms with van der Waals surface area (Å²) in [4.78, 5) is 37.7. The third-order valence-electron chi connectivity index (χ3n) is 6.47. The van der Waals surface area contributed by atoms with Crippen LogP contribution in [0.3, 0.4) is 0 Å². The van der Waals surface area contributed by atoms with E-state index >= 15 is 0 Å². The summed E-state index contributed by atoms with van der Waals surface area (Å²) in [6, 6.07) is 10.5. The van der Waals surface area contributed by atoms with Gasteiger partial charge in [0.05, 0.1) is 28.1 Å². The Kier molecular flexibility index (Phi) is 5.91. The number of amides is 3. The fraction of sp³-hybridized carbons (Fsp3) is 0.280. The monoisotopic (exact) mass is 497 g/mol. The molecule has 34 heavy (non-hydrogen) atoms. The second-order valence-corrected chi connectivity index (χ2v) is 9.56. The van der Waals surface area contributed by atoms with Crippen LogP contribution in [0.25, 0.3) is 0 Å². The number of hydrazone groups is 1. The van der Waals surface area contributed by atoms with E-state index in [9.17, 15) is 14.4 Å². The molecule has 5 rings (SSSR count). The van der Waals surface area contributed by atoms with Crippen LogP contribution in [0.4, 0.5) is 5.69 Å². The van der Waals surface area contributed by atoms with Crippen molar-refractivity contribution in [1.29, 1.82) is 0 Å². The molecule has 0 spiro atoms. The molecule has 2 aromatic carbocycles. The van der Waals surface area contributed by atoms with Gasteiger partial charge in [0.1, 0.15) is 0 Å². The number of nitrogens with zero attached hydrogens (tertiary/aromatic N) is 2. The smallest absolute Gasteiger partial charge is 0.262 e. The summed E-state index contributed by atoms with van der Waals surface area (Å²) in [5, 5.41) is 8.18. The minimum Gasteiger partial charge on any atom is -0.481 e. The Balaban J connectivity index is 1.23. The van der Waals surface area contributed by atoms with Gasteiger partial charge in [-0.1, -0.05) is 53.1 Å². The zero-order chi connectivity index (χ0) is 24.0. The lowest BCUT2D eigenvalue weighted by Crippen LogP contribution is -2.28. The Hall–Kier alpha value is -3.16. The summed E-state index contributed by atoms with van der Waals surface area (Å²) < 4.78 is 5.53. The Morgan fingerprint density at radius 2 is 1.68 bits per heavy atom. The molecular weight excluding hydrogens is 477 g/mol. The number of anilines is 1. The largest absolute Gasteiger partial charge is 0.481 e. The van der Waals surface area contributed by atoms with E-state index in [0.717, 1.165) is 17.0 Å². The molecule has 3 aliphatic rings. The predicted octanol–water partition coefficient (Wildman–Crippen LogP) is 4.46. The van der Waals surface area contributed by atoms with Crippen LogP contribution >= 0.6 is 23.2 Å². The highest BCUT2D eigenvalue weighted by Crippen LogP contribution is 2.52. The van der Waals surface area contributed by atoms with Gasteiger partial charge in [-0.05, 0) is 55.0 Å². The topological polar surface area (TPSA) is 88.1 Å². The first-order chi connectivity index (χ1) is 16.3. The van der Waals surface area contributed by atoms with Gasteiger partial charge >= 0.3 is 0 Å². The third-order valence-corrected chi connectivity index (χ3v) is 7.03. The number of hydrogen-bond acceptors (Lipinski definition) is 5. The SMILES string of the molecule is Cc1ccc(NC(=O)COc2c(Cl)cc(C=NN3C(=O)C4C5C=CC(C5)C4C3=O)cc2Cl)cc1. The van der Waals surface area contributed by atoms with Gasteiger partial charge in [0.15, 0.2) is 12.4 Å². The molecule has 1 N–H and O–H groups in total. The number of rotatable bonds is 6. The number of ether oxygens (including phenoxy) is 1. The highest BCUT2D eigenvalue weighted by Gasteiger charge is 2.59. The number of aryl methyl sites for hydroxylation is 1. The van der Waals surface area contributed by atoms with Crippen LogP contribution in [0.2, 0.25) is 10.0 Å². The fourth-order valence-electron chi connectivity index (χ4n) is 4.89. The molecule has 0 aromatic heterocycles. The lowest BCUT2D eigenvalue weighted by Gasteiger charge is -2.13. The molecule has 7 nitrogen and oxygen atoms in total. The van der Waals surface area contributed by atoms with Gasteiger partial charge in [-0.3, -0.25) is 14.4 Å². The Morgan fingerprint density at radius 1 is 1.09 bits per heavy atom.